The van der Waals surface area contributed by atoms with Gasteiger partial charge in [0, 0.05) is 44.8 Å². The van der Waals surface area contributed by atoms with Crippen LogP contribution in [0.3, 0.4) is 0 Å². The predicted molar refractivity (Wildman–Crippen MR) is 231 cm³/mol. The smallest absolute Gasteiger partial charge is 0.178 e. The van der Waals surface area contributed by atoms with Crippen LogP contribution in [0.25, 0.3) is 5.57 Å². The third-order valence-electron chi connectivity index (χ3n) is 15.1. The Morgan fingerprint density at radius 3 is 2.00 bits per heavy atom. The summed E-state index contributed by atoms with van der Waals surface area (Å²) in [7, 11) is 0. The summed E-state index contributed by atoms with van der Waals surface area (Å²) < 4.78 is 0. The lowest BCUT2D eigenvalue weighted by Gasteiger charge is -2.57. The van der Waals surface area contributed by atoms with Crippen molar-refractivity contribution in [2.75, 3.05) is 19.6 Å². The minimum absolute atomic E-state index is 0.0346. The van der Waals surface area contributed by atoms with Gasteiger partial charge in [-0.2, -0.15) is 0 Å². The molecule has 282 valence electrons. The Balaban J connectivity index is 1.03. The first-order valence-electron chi connectivity index (χ1n) is 21.2. The van der Waals surface area contributed by atoms with E-state index in [1.54, 1.807) is 11.1 Å². The average Bonchev–Trinajstić information content (AvgIpc) is 3.84. The molecule has 0 N–H and O–H groups in total. The second-order valence-electron chi connectivity index (χ2n) is 19.4. The van der Waals surface area contributed by atoms with Crippen molar-refractivity contribution in [2.45, 2.75) is 89.9 Å². The van der Waals surface area contributed by atoms with Gasteiger partial charge in [0.25, 0.3) is 0 Å². The Hall–Kier alpha value is -5.62. The van der Waals surface area contributed by atoms with Crippen molar-refractivity contribution in [3.8, 4) is 0 Å². The maximum atomic E-state index is 5.79. The number of hydrogen-bond acceptors (Lipinski definition) is 6. The van der Waals surface area contributed by atoms with E-state index in [4.69, 9.17) is 9.97 Å². The summed E-state index contributed by atoms with van der Waals surface area (Å²) in [5, 5.41) is 0. The molecule has 5 aromatic rings. The maximum absolute atomic E-state index is 5.79. The molecule has 9 aliphatic rings. The van der Waals surface area contributed by atoms with Crippen LogP contribution < -0.4 is 19.6 Å². The molecule has 1 aromatic heterocycles. The van der Waals surface area contributed by atoms with Gasteiger partial charge >= 0.3 is 0 Å². The Bertz CT molecular complexity index is 2690. The van der Waals surface area contributed by atoms with E-state index >= 15 is 0 Å². The molecule has 6 heteroatoms. The number of fused-ring (bicyclic) bond motifs is 8. The fourth-order valence-corrected chi connectivity index (χ4v) is 13.3. The molecule has 6 nitrogen and oxygen atoms in total. The normalized spacial score (nSPS) is 28.4. The highest BCUT2D eigenvalue weighted by atomic mass is 15.5. The van der Waals surface area contributed by atoms with Crippen molar-refractivity contribution in [3.63, 3.8) is 0 Å². The number of benzene rings is 4. The highest BCUT2D eigenvalue weighted by Gasteiger charge is 2.66. The standard InChI is InChI=1S/C51H48N6/c1-30-54(33-13-7-6-8-14-33)41-17-11-12-18-42(41)55(30)39-16-10-9-15-35(39)38-28-51-27-31-19-22-34(23-20-31)56-46-47(53-45-44(52-46)49(2,3)29-50(45,4)5)57(48(51)56)40-24-21-32-25-36(40)37(26-32)43(38)51/h6-20,22-23,25,28,30,37,43,48H,21,24,26-27,29H2,1-5H3. The molecule has 4 aromatic carbocycles. The average molecular weight is 745 g/mol. The third-order valence-corrected chi connectivity index (χ3v) is 15.1. The van der Waals surface area contributed by atoms with Crippen LogP contribution in [0.4, 0.5) is 40.1 Å². The molecule has 4 aliphatic carbocycles. The molecule has 57 heavy (non-hydrogen) atoms. The van der Waals surface area contributed by atoms with Gasteiger partial charge < -0.3 is 19.6 Å². The lowest BCUT2D eigenvalue weighted by atomic mass is 9.51. The zero-order valence-corrected chi connectivity index (χ0v) is 33.5. The first-order chi connectivity index (χ1) is 27.6. The molecule has 0 saturated carbocycles. The van der Waals surface area contributed by atoms with Gasteiger partial charge in [0.15, 0.2) is 11.6 Å². The van der Waals surface area contributed by atoms with Crippen LogP contribution in [0.2, 0.25) is 0 Å². The van der Waals surface area contributed by atoms with Crippen LogP contribution in [0.1, 0.15) is 82.8 Å². The lowest BCUT2D eigenvalue weighted by molar-refractivity contribution is 0.163. The summed E-state index contributed by atoms with van der Waals surface area (Å²) >= 11 is 0. The molecule has 5 atom stereocenters. The summed E-state index contributed by atoms with van der Waals surface area (Å²) in [6, 6.07) is 38.6. The number of hydrogen-bond donors (Lipinski definition) is 0. The van der Waals surface area contributed by atoms with Gasteiger partial charge in [0.05, 0.1) is 28.5 Å². The van der Waals surface area contributed by atoms with E-state index in [-0.39, 0.29) is 28.6 Å². The molecule has 0 amide bonds. The van der Waals surface area contributed by atoms with Crippen molar-refractivity contribution in [1.82, 2.24) is 9.97 Å². The molecule has 5 aliphatic heterocycles. The number of rotatable bonds is 3. The second kappa shape index (κ2) is 10.7. The zero-order valence-electron chi connectivity index (χ0n) is 33.5. The van der Waals surface area contributed by atoms with Crippen LogP contribution in [0.15, 0.2) is 132 Å². The zero-order chi connectivity index (χ0) is 38.2. The van der Waals surface area contributed by atoms with E-state index in [0.717, 1.165) is 43.7 Å². The van der Waals surface area contributed by atoms with Crippen molar-refractivity contribution in [3.05, 3.63) is 155 Å². The van der Waals surface area contributed by atoms with E-state index in [2.05, 4.69) is 169 Å². The maximum Gasteiger partial charge on any atom is 0.178 e. The molecule has 14 rings (SSSR count). The number of anilines is 7. The predicted octanol–water partition coefficient (Wildman–Crippen LogP) is 11.6. The Morgan fingerprint density at radius 2 is 1.26 bits per heavy atom. The fraction of sp³-hybridized carbons (Fsp3) is 0.333. The molecule has 5 unspecified atom stereocenters. The number of para-hydroxylation sites is 4. The number of nitrogens with zero attached hydrogens (tertiary/aromatic N) is 6. The monoisotopic (exact) mass is 744 g/mol. The van der Waals surface area contributed by atoms with Gasteiger partial charge in [0.1, 0.15) is 12.3 Å². The topological polar surface area (TPSA) is 38.7 Å². The second-order valence-corrected chi connectivity index (χ2v) is 19.4. The SMILES string of the molecule is CC1N(c2ccccc2)c2ccccc2N1c1ccccc1C1=CC23Cc4ccc(cc4)N4c5nc6c(nc5N(C5=C7C=C(CC5)CC7C12)C43)C(C)(C)CC6(C)C. The van der Waals surface area contributed by atoms with Gasteiger partial charge in [-0.15, -0.1) is 0 Å². The van der Waals surface area contributed by atoms with Gasteiger partial charge in [-0.3, -0.25) is 0 Å². The van der Waals surface area contributed by atoms with Crippen LogP contribution in [-0.2, 0) is 17.3 Å². The highest BCUT2D eigenvalue weighted by Crippen LogP contribution is 2.70. The molecule has 0 saturated heterocycles. The Kier molecular flexibility index (Phi) is 6.07. The van der Waals surface area contributed by atoms with Crippen molar-refractivity contribution in [2.24, 2.45) is 17.3 Å². The first-order valence-corrected chi connectivity index (χ1v) is 21.2. The summed E-state index contributed by atoms with van der Waals surface area (Å²) in [5.74, 6) is 2.88. The fourth-order valence-electron chi connectivity index (χ4n) is 13.3. The van der Waals surface area contributed by atoms with Crippen molar-refractivity contribution < 1.29 is 0 Å². The summed E-state index contributed by atoms with van der Waals surface area (Å²) in [6.45, 7) is 11.8. The highest BCUT2D eigenvalue weighted by molar-refractivity contribution is 5.94. The molecule has 1 spiro atoms. The van der Waals surface area contributed by atoms with Gasteiger partial charge in [0.2, 0.25) is 0 Å². The van der Waals surface area contributed by atoms with Crippen LogP contribution in [0.5, 0.6) is 0 Å². The molecule has 0 fully saturated rings. The molecule has 4 bridgehead atoms. The molecule has 0 radical (unpaired) electrons. The van der Waals surface area contributed by atoms with E-state index < -0.39 is 0 Å². The van der Waals surface area contributed by atoms with Gasteiger partial charge in [-0.25, -0.2) is 9.97 Å². The van der Waals surface area contributed by atoms with Crippen molar-refractivity contribution >= 4 is 45.6 Å². The van der Waals surface area contributed by atoms with Crippen LogP contribution in [-0.4, -0.2) is 22.3 Å². The Morgan fingerprint density at radius 1 is 0.632 bits per heavy atom. The largest absolute Gasteiger partial charge is 0.319 e. The van der Waals surface area contributed by atoms with E-state index in [9.17, 15) is 0 Å². The molecule has 6 heterocycles. The van der Waals surface area contributed by atoms with Crippen molar-refractivity contribution in [1.29, 1.82) is 0 Å². The van der Waals surface area contributed by atoms with Gasteiger partial charge in [-0.05, 0) is 104 Å². The summed E-state index contributed by atoms with van der Waals surface area (Å²) in [6.07, 6.45) is 10.9. The minimum Gasteiger partial charge on any atom is -0.319 e. The van der Waals surface area contributed by atoms with Gasteiger partial charge in [-0.1, -0.05) is 106 Å². The minimum atomic E-state index is -0.153. The van der Waals surface area contributed by atoms with E-state index in [0.29, 0.717) is 11.8 Å². The van der Waals surface area contributed by atoms with Crippen LogP contribution >= 0.6 is 0 Å². The number of allylic oxidation sites excluding steroid dienone is 5. The molecular weight excluding hydrogens is 697 g/mol. The summed E-state index contributed by atoms with van der Waals surface area (Å²) in [5.41, 5.74) is 17.3. The van der Waals surface area contributed by atoms with E-state index in [1.165, 1.54) is 62.2 Å². The third kappa shape index (κ3) is 4.01. The first kappa shape index (κ1) is 32.5. The Labute approximate surface area is 335 Å². The molecular formula is C51H48N6. The lowest BCUT2D eigenvalue weighted by Crippen LogP contribution is -2.60. The van der Waals surface area contributed by atoms with Crippen LogP contribution in [0, 0.1) is 17.3 Å². The summed E-state index contributed by atoms with van der Waals surface area (Å²) in [4.78, 5) is 22.0. The number of aromatic nitrogens is 2. The quantitative estimate of drug-likeness (QED) is 0.183. The van der Waals surface area contributed by atoms with E-state index in [1.807, 2.05) is 0 Å².